The molecular weight excluding hydrogens is 562 g/mol. The summed E-state index contributed by atoms with van der Waals surface area (Å²) < 4.78 is 0.539. The van der Waals surface area contributed by atoms with E-state index >= 15 is 0 Å². The van der Waals surface area contributed by atoms with Crippen LogP contribution in [-0.4, -0.2) is 100 Å². The first-order chi connectivity index (χ1) is 16.6. The van der Waals surface area contributed by atoms with Crippen molar-refractivity contribution in [2.45, 2.75) is 25.0 Å². The van der Waals surface area contributed by atoms with E-state index in [1.807, 2.05) is 6.92 Å². The van der Waals surface area contributed by atoms with Gasteiger partial charge in [0.2, 0.25) is 0 Å². The molecule has 0 aliphatic carbocycles. The number of hydrogen-bond acceptors (Lipinski definition) is 8. The van der Waals surface area contributed by atoms with Crippen LogP contribution in [0.15, 0.2) is 16.6 Å². The largest absolute Gasteiger partial charge is 0.465 e. The second-order valence-electron chi connectivity index (χ2n) is 8.50. The van der Waals surface area contributed by atoms with Crippen LogP contribution < -0.4 is 22.3 Å². The van der Waals surface area contributed by atoms with E-state index in [4.69, 9.17) is 28.3 Å². The van der Waals surface area contributed by atoms with E-state index in [0.717, 1.165) is 5.75 Å². The number of amides is 3. The Bertz CT molecular complexity index is 960. The molecule has 2 heterocycles. The van der Waals surface area contributed by atoms with Crippen molar-refractivity contribution in [2.24, 2.45) is 11.6 Å². The Morgan fingerprint density at radius 2 is 1.89 bits per heavy atom. The van der Waals surface area contributed by atoms with E-state index in [0.29, 0.717) is 66.6 Å². The maximum absolute atomic E-state index is 13.7. The van der Waals surface area contributed by atoms with Crippen LogP contribution in [-0.2, 0) is 4.79 Å². The van der Waals surface area contributed by atoms with Crippen LogP contribution >= 0.6 is 39.3 Å². The highest BCUT2D eigenvalue weighted by molar-refractivity contribution is 9.10. The number of nitrogens with one attached hydrogen (secondary N) is 2. The summed E-state index contributed by atoms with van der Waals surface area (Å²) in [6, 6.07) is 3.24. The molecule has 3 amide bonds. The molecule has 0 spiro atoms. The Labute approximate surface area is 221 Å². The Morgan fingerprint density at radius 3 is 2.46 bits per heavy atom. The van der Waals surface area contributed by atoms with Crippen molar-refractivity contribution < 1.29 is 19.5 Å². The third kappa shape index (κ3) is 6.52. The lowest BCUT2D eigenvalue weighted by molar-refractivity contribution is -0.138. The van der Waals surface area contributed by atoms with E-state index in [-0.39, 0.29) is 17.5 Å². The Balaban J connectivity index is 1.75. The van der Waals surface area contributed by atoms with Gasteiger partial charge < -0.3 is 26.0 Å². The van der Waals surface area contributed by atoms with Crippen molar-refractivity contribution in [2.75, 3.05) is 56.1 Å². The number of carbonyl (C=O) groups excluding carboxylic acids is 2. The minimum Gasteiger partial charge on any atom is -0.465 e. The number of halogens is 2. The molecule has 1 aromatic rings. The second-order valence-corrected chi connectivity index (χ2v) is 11.2. The number of carboxylic acid groups (broad SMARTS) is 1. The summed E-state index contributed by atoms with van der Waals surface area (Å²) in [6.07, 6.45) is -0.569. The molecular formula is C21H31BrClN7O4S. The molecule has 0 radical (unpaired) electrons. The average Bonchev–Trinajstić information content (AvgIpc) is 2.79. The fourth-order valence-corrected chi connectivity index (χ4v) is 5.43. The van der Waals surface area contributed by atoms with E-state index in [2.05, 4.69) is 31.6 Å². The van der Waals surface area contributed by atoms with Crippen LogP contribution in [0.1, 0.15) is 23.7 Å². The molecule has 2 fully saturated rings. The van der Waals surface area contributed by atoms with Crippen molar-refractivity contribution >= 4 is 62.9 Å². The average molecular weight is 593 g/mol. The van der Waals surface area contributed by atoms with Crippen LogP contribution in [0.25, 0.3) is 0 Å². The van der Waals surface area contributed by atoms with E-state index < -0.39 is 17.7 Å². The SMILES string of the molecule is CCSCC[C@@](N)(Nc1cc(Br)c(Cl)cc1C(=O)NN)C(=O)N1CCN(C2CN(C(=O)O)C2)CC1. The van der Waals surface area contributed by atoms with Crippen LogP contribution in [0, 0.1) is 0 Å². The Kier molecular flexibility index (Phi) is 9.52. The van der Waals surface area contributed by atoms with Gasteiger partial charge in [0, 0.05) is 56.2 Å². The van der Waals surface area contributed by atoms with Gasteiger partial charge in [0.15, 0.2) is 5.66 Å². The van der Waals surface area contributed by atoms with Gasteiger partial charge in [0.25, 0.3) is 11.8 Å². The maximum atomic E-state index is 13.7. The van der Waals surface area contributed by atoms with Gasteiger partial charge in [-0.3, -0.25) is 19.9 Å². The zero-order chi connectivity index (χ0) is 25.8. The molecule has 3 rings (SSSR count). The molecule has 1 atom stereocenters. The van der Waals surface area contributed by atoms with Gasteiger partial charge in [0.1, 0.15) is 0 Å². The predicted octanol–water partition coefficient (Wildman–Crippen LogP) is 1.42. The molecule has 2 aliphatic heterocycles. The molecule has 0 saturated carbocycles. The van der Waals surface area contributed by atoms with Gasteiger partial charge in [-0.25, -0.2) is 10.6 Å². The number of piperazine rings is 1. The summed E-state index contributed by atoms with van der Waals surface area (Å²) in [5.74, 6) is 6.04. The summed E-state index contributed by atoms with van der Waals surface area (Å²) in [7, 11) is 0. The first-order valence-corrected chi connectivity index (χ1v) is 13.6. The highest BCUT2D eigenvalue weighted by Gasteiger charge is 2.41. The lowest BCUT2D eigenvalue weighted by atomic mass is 10.0. The molecule has 2 aliphatic rings. The number of anilines is 1. The van der Waals surface area contributed by atoms with Crippen molar-refractivity contribution in [3.8, 4) is 0 Å². The van der Waals surface area contributed by atoms with Crippen LogP contribution in [0.4, 0.5) is 10.5 Å². The Morgan fingerprint density at radius 1 is 1.23 bits per heavy atom. The molecule has 0 unspecified atom stereocenters. The van der Waals surface area contributed by atoms with Gasteiger partial charge in [0.05, 0.1) is 16.3 Å². The van der Waals surface area contributed by atoms with E-state index in [1.54, 1.807) is 22.7 Å². The third-order valence-electron chi connectivity index (χ3n) is 6.27. The molecule has 35 heavy (non-hydrogen) atoms. The third-order valence-corrected chi connectivity index (χ3v) is 8.37. The standard InChI is InChI=1S/C21H31BrClN7O4S/c1-2-35-8-3-21(24,26-17-10-15(22)16(23)9-14(17)18(31)27-25)19(32)29-6-4-28(5-7-29)13-11-30(12-13)20(33)34/h9-10,13,26H,2-8,11-12,24-25H2,1H3,(H,27,31)(H,33,34)/t21-/m1/s1. The minimum atomic E-state index is -1.46. The number of rotatable bonds is 9. The van der Waals surface area contributed by atoms with Crippen LogP contribution in [0.2, 0.25) is 5.02 Å². The fraction of sp³-hybridized carbons (Fsp3) is 0.571. The smallest absolute Gasteiger partial charge is 0.407 e. The second kappa shape index (κ2) is 12.0. The number of thioether (sulfide) groups is 1. The first kappa shape index (κ1) is 27.8. The van der Waals surface area contributed by atoms with Crippen molar-refractivity contribution in [1.82, 2.24) is 20.1 Å². The van der Waals surface area contributed by atoms with Gasteiger partial charge >= 0.3 is 6.09 Å². The lowest BCUT2D eigenvalue weighted by Crippen LogP contribution is -2.67. The number of nitrogens with zero attached hydrogens (tertiary/aromatic N) is 3. The van der Waals surface area contributed by atoms with Crippen molar-refractivity contribution in [1.29, 1.82) is 0 Å². The van der Waals surface area contributed by atoms with Gasteiger partial charge in [-0.1, -0.05) is 18.5 Å². The normalized spacial score (nSPS) is 18.5. The number of carbonyl (C=O) groups is 3. The zero-order valence-electron chi connectivity index (χ0n) is 19.4. The molecule has 0 aromatic heterocycles. The monoisotopic (exact) mass is 591 g/mol. The van der Waals surface area contributed by atoms with Crippen molar-refractivity contribution in [3.05, 3.63) is 27.2 Å². The molecule has 1 aromatic carbocycles. The summed E-state index contributed by atoms with van der Waals surface area (Å²) >= 11 is 11.2. The number of likely N-dealkylation sites (tertiary alicyclic amines) is 1. The fourth-order valence-electron chi connectivity index (χ4n) is 4.17. The quantitative estimate of drug-likeness (QED) is 0.0940. The molecule has 14 heteroatoms. The lowest BCUT2D eigenvalue weighted by Gasteiger charge is -2.48. The Hall–Kier alpha value is -1.77. The topological polar surface area (TPSA) is 157 Å². The molecule has 11 nitrogen and oxygen atoms in total. The molecule has 7 N–H and O–H groups in total. The molecule has 194 valence electrons. The maximum Gasteiger partial charge on any atom is 0.407 e. The minimum absolute atomic E-state index is 0.171. The number of hydrazine groups is 1. The predicted molar refractivity (Wildman–Crippen MR) is 141 cm³/mol. The van der Waals surface area contributed by atoms with E-state index in [1.165, 1.54) is 11.0 Å². The van der Waals surface area contributed by atoms with Gasteiger partial charge in [-0.2, -0.15) is 11.8 Å². The van der Waals surface area contributed by atoms with Crippen molar-refractivity contribution in [3.63, 3.8) is 0 Å². The number of hydrogen-bond donors (Lipinski definition) is 5. The zero-order valence-corrected chi connectivity index (χ0v) is 22.6. The molecule has 2 saturated heterocycles. The summed E-state index contributed by atoms with van der Waals surface area (Å²) in [6.45, 7) is 5.22. The number of benzene rings is 1. The summed E-state index contributed by atoms with van der Waals surface area (Å²) in [5, 5.41) is 12.5. The first-order valence-electron chi connectivity index (χ1n) is 11.3. The number of nitrogen functional groups attached to an aromatic ring is 1. The summed E-state index contributed by atoms with van der Waals surface area (Å²) in [5.41, 5.74) is 7.86. The molecule has 0 bridgehead atoms. The van der Waals surface area contributed by atoms with Crippen LogP contribution in [0.3, 0.4) is 0 Å². The highest BCUT2D eigenvalue weighted by Crippen LogP contribution is 2.32. The summed E-state index contributed by atoms with van der Waals surface area (Å²) in [4.78, 5) is 42.4. The van der Waals surface area contributed by atoms with Gasteiger partial charge in [-0.05, 0) is 39.6 Å². The highest BCUT2D eigenvalue weighted by atomic mass is 79.9. The number of nitrogens with two attached hydrogens (primary N) is 2. The van der Waals surface area contributed by atoms with Crippen LogP contribution in [0.5, 0.6) is 0 Å². The van der Waals surface area contributed by atoms with Gasteiger partial charge in [-0.15, -0.1) is 0 Å². The van der Waals surface area contributed by atoms with E-state index in [9.17, 15) is 14.4 Å².